The van der Waals surface area contributed by atoms with E-state index < -0.39 is 0 Å². The van der Waals surface area contributed by atoms with Crippen molar-refractivity contribution in [2.45, 2.75) is 71.9 Å². The Balaban J connectivity index is 2.34. The van der Waals surface area contributed by atoms with E-state index in [1.165, 1.54) is 32.1 Å². The monoisotopic (exact) mass is 241 g/mol. The van der Waals surface area contributed by atoms with Crippen molar-refractivity contribution in [3.63, 3.8) is 0 Å². The van der Waals surface area contributed by atoms with Gasteiger partial charge in [0.1, 0.15) is 0 Å². The molecule has 4 atom stereocenters. The molecule has 0 aromatic heterocycles. The fraction of sp³-hybridized carbons (Fsp3) is 1.00. The zero-order chi connectivity index (χ0) is 12.7. The van der Waals surface area contributed by atoms with Crippen molar-refractivity contribution in [1.82, 2.24) is 5.32 Å². The van der Waals surface area contributed by atoms with Gasteiger partial charge < -0.3 is 10.1 Å². The van der Waals surface area contributed by atoms with Gasteiger partial charge in [0.15, 0.2) is 0 Å². The van der Waals surface area contributed by atoms with Gasteiger partial charge in [-0.1, -0.05) is 47.0 Å². The predicted octanol–water partition coefficient (Wildman–Crippen LogP) is 3.61. The average molecular weight is 241 g/mol. The van der Waals surface area contributed by atoms with Crippen molar-refractivity contribution in [3.05, 3.63) is 0 Å². The molecule has 17 heavy (non-hydrogen) atoms. The molecular weight excluding hydrogens is 210 g/mol. The highest BCUT2D eigenvalue weighted by Crippen LogP contribution is 2.26. The van der Waals surface area contributed by atoms with Gasteiger partial charge in [0.2, 0.25) is 0 Å². The van der Waals surface area contributed by atoms with E-state index >= 15 is 0 Å². The summed E-state index contributed by atoms with van der Waals surface area (Å²) in [5, 5.41) is 3.56. The minimum absolute atomic E-state index is 0.508. The molecule has 0 radical (unpaired) electrons. The SMILES string of the molecule is CCNC(COC1CCCCC1C)C(C)CC. The summed E-state index contributed by atoms with van der Waals surface area (Å²) in [6, 6.07) is 0.527. The minimum atomic E-state index is 0.508. The second-order valence-electron chi connectivity index (χ2n) is 5.68. The van der Waals surface area contributed by atoms with E-state index in [2.05, 4.69) is 33.0 Å². The first-order valence-electron chi connectivity index (χ1n) is 7.54. The van der Waals surface area contributed by atoms with E-state index in [1.807, 2.05) is 0 Å². The van der Waals surface area contributed by atoms with Crippen LogP contribution in [0.4, 0.5) is 0 Å². The van der Waals surface area contributed by atoms with Crippen LogP contribution in [0.15, 0.2) is 0 Å². The number of hydrogen-bond donors (Lipinski definition) is 1. The van der Waals surface area contributed by atoms with Crippen LogP contribution in [0.5, 0.6) is 0 Å². The topological polar surface area (TPSA) is 21.3 Å². The minimum Gasteiger partial charge on any atom is -0.376 e. The van der Waals surface area contributed by atoms with Crippen LogP contribution in [0.25, 0.3) is 0 Å². The van der Waals surface area contributed by atoms with Crippen LogP contribution >= 0.6 is 0 Å². The summed E-state index contributed by atoms with van der Waals surface area (Å²) < 4.78 is 6.17. The number of ether oxygens (including phenoxy) is 1. The second kappa shape index (κ2) is 8.10. The largest absolute Gasteiger partial charge is 0.376 e. The highest BCUT2D eigenvalue weighted by atomic mass is 16.5. The molecule has 0 bridgehead atoms. The summed E-state index contributed by atoms with van der Waals surface area (Å²) in [5.41, 5.74) is 0. The van der Waals surface area contributed by atoms with E-state index in [9.17, 15) is 0 Å². The molecule has 1 N–H and O–H groups in total. The number of nitrogens with one attached hydrogen (secondary N) is 1. The summed E-state index contributed by atoms with van der Waals surface area (Å²) in [4.78, 5) is 0. The van der Waals surface area contributed by atoms with Crippen LogP contribution in [-0.4, -0.2) is 25.3 Å². The maximum Gasteiger partial charge on any atom is 0.0626 e. The Hall–Kier alpha value is -0.0800. The zero-order valence-electron chi connectivity index (χ0n) is 12.2. The maximum atomic E-state index is 6.17. The molecule has 2 nitrogen and oxygen atoms in total. The quantitative estimate of drug-likeness (QED) is 0.735. The maximum absolute atomic E-state index is 6.17. The van der Waals surface area contributed by atoms with Crippen molar-refractivity contribution < 1.29 is 4.74 Å². The summed E-state index contributed by atoms with van der Waals surface area (Å²) in [7, 11) is 0. The van der Waals surface area contributed by atoms with Crippen molar-refractivity contribution in [2.75, 3.05) is 13.2 Å². The Bertz CT molecular complexity index is 195. The highest BCUT2D eigenvalue weighted by molar-refractivity contribution is 4.76. The average Bonchev–Trinajstić information content (AvgIpc) is 2.35. The fourth-order valence-electron chi connectivity index (χ4n) is 2.73. The van der Waals surface area contributed by atoms with Gasteiger partial charge in [0.25, 0.3) is 0 Å². The van der Waals surface area contributed by atoms with E-state index in [1.54, 1.807) is 0 Å². The molecule has 0 aromatic carbocycles. The standard InChI is InChI=1S/C15H31NO/c1-5-12(3)14(16-6-2)11-17-15-10-8-7-9-13(15)4/h12-16H,5-11H2,1-4H3. The molecule has 1 aliphatic carbocycles. The van der Waals surface area contributed by atoms with Gasteiger partial charge in [-0.25, -0.2) is 0 Å². The van der Waals surface area contributed by atoms with Crippen LogP contribution in [-0.2, 0) is 4.74 Å². The lowest BCUT2D eigenvalue weighted by Crippen LogP contribution is -2.41. The van der Waals surface area contributed by atoms with Crippen LogP contribution in [0.1, 0.15) is 59.8 Å². The third-order valence-corrected chi connectivity index (χ3v) is 4.32. The molecular formula is C15H31NO. The molecule has 0 amide bonds. The molecule has 0 aromatic rings. The number of rotatable bonds is 7. The highest BCUT2D eigenvalue weighted by Gasteiger charge is 2.24. The molecule has 0 heterocycles. The number of hydrogen-bond acceptors (Lipinski definition) is 2. The van der Waals surface area contributed by atoms with Gasteiger partial charge in [-0.15, -0.1) is 0 Å². The van der Waals surface area contributed by atoms with Crippen molar-refractivity contribution in [1.29, 1.82) is 0 Å². The van der Waals surface area contributed by atoms with Crippen LogP contribution in [0, 0.1) is 11.8 Å². The molecule has 0 aliphatic heterocycles. The zero-order valence-corrected chi connectivity index (χ0v) is 12.2. The van der Waals surface area contributed by atoms with E-state index in [0.29, 0.717) is 18.1 Å². The lowest BCUT2D eigenvalue weighted by Gasteiger charge is -2.32. The number of likely N-dealkylation sites (N-methyl/N-ethyl adjacent to an activating group) is 1. The van der Waals surface area contributed by atoms with Crippen LogP contribution < -0.4 is 5.32 Å². The molecule has 4 unspecified atom stereocenters. The van der Waals surface area contributed by atoms with Gasteiger partial charge in [-0.05, 0) is 31.2 Å². The normalized spacial score (nSPS) is 28.9. The third-order valence-electron chi connectivity index (χ3n) is 4.32. The predicted molar refractivity (Wildman–Crippen MR) is 74.3 cm³/mol. The summed E-state index contributed by atoms with van der Waals surface area (Å²) in [6.07, 6.45) is 7.09. The molecule has 1 rings (SSSR count). The van der Waals surface area contributed by atoms with Gasteiger partial charge in [0, 0.05) is 6.04 Å². The third kappa shape index (κ3) is 4.97. The smallest absolute Gasteiger partial charge is 0.0626 e. The van der Waals surface area contributed by atoms with E-state index in [-0.39, 0.29) is 0 Å². The lowest BCUT2D eigenvalue weighted by atomic mass is 9.88. The first kappa shape index (κ1) is 15.0. The second-order valence-corrected chi connectivity index (χ2v) is 5.68. The molecule has 1 aliphatic rings. The fourth-order valence-corrected chi connectivity index (χ4v) is 2.73. The lowest BCUT2D eigenvalue weighted by molar-refractivity contribution is -0.0209. The Morgan fingerprint density at radius 1 is 1.24 bits per heavy atom. The molecule has 1 fully saturated rings. The van der Waals surface area contributed by atoms with Gasteiger partial charge >= 0.3 is 0 Å². The van der Waals surface area contributed by atoms with Crippen molar-refractivity contribution >= 4 is 0 Å². The molecule has 102 valence electrons. The summed E-state index contributed by atoms with van der Waals surface area (Å²) in [5.74, 6) is 1.46. The van der Waals surface area contributed by atoms with Gasteiger partial charge in [0.05, 0.1) is 12.7 Å². The Morgan fingerprint density at radius 3 is 2.53 bits per heavy atom. The molecule has 2 heteroatoms. The van der Waals surface area contributed by atoms with E-state index in [0.717, 1.165) is 19.1 Å². The first-order valence-corrected chi connectivity index (χ1v) is 7.54. The van der Waals surface area contributed by atoms with Gasteiger partial charge in [-0.2, -0.15) is 0 Å². The first-order chi connectivity index (χ1) is 8.19. The van der Waals surface area contributed by atoms with Crippen LogP contribution in [0.3, 0.4) is 0 Å². The Labute approximate surface area is 108 Å². The molecule has 1 saturated carbocycles. The van der Waals surface area contributed by atoms with E-state index in [4.69, 9.17) is 4.74 Å². The summed E-state index contributed by atoms with van der Waals surface area (Å²) in [6.45, 7) is 11.0. The molecule has 0 spiro atoms. The Morgan fingerprint density at radius 2 is 1.94 bits per heavy atom. The molecule has 0 saturated heterocycles. The van der Waals surface area contributed by atoms with Crippen molar-refractivity contribution in [2.24, 2.45) is 11.8 Å². The summed E-state index contributed by atoms with van der Waals surface area (Å²) >= 11 is 0. The Kier molecular flexibility index (Phi) is 7.14. The van der Waals surface area contributed by atoms with Crippen molar-refractivity contribution in [3.8, 4) is 0 Å². The van der Waals surface area contributed by atoms with Crippen LogP contribution in [0.2, 0.25) is 0 Å². The van der Waals surface area contributed by atoms with Gasteiger partial charge in [-0.3, -0.25) is 0 Å².